The Morgan fingerprint density at radius 2 is 1.96 bits per heavy atom. The molecule has 0 aliphatic carbocycles. The quantitative estimate of drug-likeness (QED) is 0.682. The van der Waals surface area contributed by atoms with Crippen LogP contribution >= 0.6 is 11.8 Å². The summed E-state index contributed by atoms with van der Waals surface area (Å²) in [5.74, 6) is 0.605. The molecule has 0 fully saturated rings. The Balaban J connectivity index is 1.78. The summed E-state index contributed by atoms with van der Waals surface area (Å²) in [6.07, 6.45) is 0. The normalized spacial score (nSPS) is 11.6. The molecular formula is C20H19N5OS. The molecule has 1 unspecified atom stereocenters. The first-order valence-electron chi connectivity index (χ1n) is 8.45. The number of rotatable bonds is 5. The predicted molar refractivity (Wildman–Crippen MR) is 106 cm³/mol. The van der Waals surface area contributed by atoms with Gasteiger partial charge in [0.25, 0.3) is 0 Å². The summed E-state index contributed by atoms with van der Waals surface area (Å²) in [5.41, 5.74) is 3.20. The monoisotopic (exact) mass is 377 g/mol. The second-order valence-corrected chi connectivity index (χ2v) is 7.40. The molecule has 136 valence electrons. The fourth-order valence-corrected chi connectivity index (χ4v) is 3.54. The highest BCUT2D eigenvalue weighted by Gasteiger charge is 2.20. The van der Waals surface area contributed by atoms with Gasteiger partial charge >= 0.3 is 0 Å². The molecule has 0 saturated carbocycles. The Kier molecular flexibility index (Phi) is 5.57. The minimum Gasteiger partial charge on any atom is -0.325 e. The lowest BCUT2D eigenvalue weighted by atomic mass is 10.2. The maximum atomic E-state index is 12.6. The molecular weight excluding hydrogens is 358 g/mol. The lowest BCUT2D eigenvalue weighted by Gasteiger charge is -2.14. The van der Waals surface area contributed by atoms with Crippen molar-refractivity contribution in [1.82, 2.24) is 14.8 Å². The van der Waals surface area contributed by atoms with E-state index in [1.165, 1.54) is 11.8 Å². The molecule has 0 radical (unpaired) electrons. The summed E-state index contributed by atoms with van der Waals surface area (Å²) in [5, 5.41) is 20.5. The van der Waals surface area contributed by atoms with E-state index in [9.17, 15) is 4.79 Å². The van der Waals surface area contributed by atoms with Crippen LogP contribution in [0.15, 0.2) is 53.7 Å². The smallest absolute Gasteiger partial charge is 0.237 e. The van der Waals surface area contributed by atoms with Crippen LogP contribution < -0.4 is 5.32 Å². The standard InChI is InChI=1S/C20H19N5OS/c1-13-7-4-5-10-18(13)25-15(3)23-24-20(25)27-14(2)19(26)22-17-9-6-8-16(11-17)12-21/h4-11,14H,1-3H3,(H,22,26). The van der Waals surface area contributed by atoms with Crippen LogP contribution in [0.2, 0.25) is 0 Å². The third kappa shape index (κ3) is 4.18. The van der Waals surface area contributed by atoms with Crippen LogP contribution in [-0.2, 0) is 4.79 Å². The van der Waals surface area contributed by atoms with E-state index in [2.05, 4.69) is 21.6 Å². The third-order valence-electron chi connectivity index (χ3n) is 4.06. The van der Waals surface area contributed by atoms with Crippen molar-refractivity contribution >= 4 is 23.4 Å². The first-order chi connectivity index (χ1) is 13.0. The number of nitriles is 1. The van der Waals surface area contributed by atoms with Crippen LogP contribution in [0.3, 0.4) is 0 Å². The molecule has 1 N–H and O–H groups in total. The number of benzene rings is 2. The van der Waals surface area contributed by atoms with Gasteiger partial charge in [-0.05, 0) is 50.6 Å². The molecule has 1 aromatic heterocycles. The molecule has 27 heavy (non-hydrogen) atoms. The number of thioether (sulfide) groups is 1. The number of carbonyl (C=O) groups excluding carboxylic acids is 1. The molecule has 1 amide bonds. The highest BCUT2D eigenvalue weighted by Crippen LogP contribution is 2.27. The van der Waals surface area contributed by atoms with Gasteiger partial charge in [-0.25, -0.2) is 0 Å². The summed E-state index contributed by atoms with van der Waals surface area (Å²) in [6.45, 7) is 5.74. The van der Waals surface area contributed by atoms with Crippen molar-refractivity contribution in [3.8, 4) is 11.8 Å². The van der Waals surface area contributed by atoms with E-state index in [1.54, 1.807) is 24.3 Å². The SMILES string of the molecule is Cc1ccccc1-n1c(C)nnc1SC(C)C(=O)Nc1cccc(C#N)c1. The van der Waals surface area contributed by atoms with Crippen LogP contribution in [0, 0.1) is 25.2 Å². The minimum absolute atomic E-state index is 0.160. The van der Waals surface area contributed by atoms with Crippen molar-refractivity contribution in [2.24, 2.45) is 0 Å². The van der Waals surface area contributed by atoms with E-state index in [4.69, 9.17) is 5.26 Å². The van der Waals surface area contributed by atoms with Gasteiger partial charge in [0.2, 0.25) is 5.91 Å². The molecule has 0 aliphatic rings. The van der Waals surface area contributed by atoms with Gasteiger partial charge in [0.1, 0.15) is 5.82 Å². The van der Waals surface area contributed by atoms with E-state index < -0.39 is 0 Å². The summed E-state index contributed by atoms with van der Waals surface area (Å²) < 4.78 is 1.96. The van der Waals surface area contributed by atoms with Gasteiger partial charge in [0.15, 0.2) is 5.16 Å². The molecule has 0 aliphatic heterocycles. The fraction of sp³-hybridized carbons (Fsp3) is 0.200. The highest BCUT2D eigenvalue weighted by molar-refractivity contribution is 8.00. The van der Waals surface area contributed by atoms with Gasteiger partial charge < -0.3 is 5.32 Å². The second kappa shape index (κ2) is 8.06. The topological polar surface area (TPSA) is 83.6 Å². The van der Waals surface area contributed by atoms with Crippen LogP contribution in [0.25, 0.3) is 5.69 Å². The van der Waals surface area contributed by atoms with Crippen molar-refractivity contribution in [2.75, 3.05) is 5.32 Å². The van der Waals surface area contributed by atoms with Crippen molar-refractivity contribution < 1.29 is 4.79 Å². The summed E-state index contributed by atoms with van der Waals surface area (Å²) in [6, 6.07) is 16.9. The van der Waals surface area contributed by atoms with Crippen LogP contribution in [0.4, 0.5) is 5.69 Å². The number of anilines is 1. The molecule has 7 heteroatoms. The average molecular weight is 377 g/mol. The van der Waals surface area contributed by atoms with E-state index >= 15 is 0 Å². The maximum Gasteiger partial charge on any atom is 0.237 e. The number of hydrogen-bond acceptors (Lipinski definition) is 5. The Hall–Kier alpha value is -3.11. The number of hydrogen-bond donors (Lipinski definition) is 1. The highest BCUT2D eigenvalue weighted by atomic mass is 32.2. The molecule has 6 nitrogen and oxygen atoms in total. The Morgan fingerprint density at radius 3 is 2.70 bits per heavy atom. The van der Waals surface area contributed by atoms with Crippen LogP contribution in [-0.4, -0.2) is 25.9 Å². The molecule has 0 saturated heterocycles. The van der Waals surface area contributed by atoms with Gasteiger partial charge in [-0.1, -0.05) is 36.0 Å². The van der Waals surface area contributed by atoms with Gasteiger partial charge in [-0.15, -0.1) is 10.2 Å². The molecule has 0 spiro atoms. The summed E-state index contributed by atoms with van der Waals surface area (Å²) >= 11 is 1.34. The van der Waals surface area contributed by atoms with Crippen molar-refractivity contribution in [3.63, 3.8) is 0 Å². The zero-order chi connectivity index (χ0) is 19.4. The largest absolute Gasteiger partial charge is 0.325 e. The molecule has 0 bridgehead atoms. The molecule has 1 heterocycles. The van der Waals surface area contributed by atoms with Crippen LogP contribution in [0.1, 0.15) is 23.9 Å². The van der Waals surface area contributed by atoms with Crippen molar-refractivity contribution in [3.05, 3.63) is 65.5 Å². The Labute approximate surface area is 162 Å². The molecule has 2 aromatic carbocycles. The second-order valence-electron chi connectivity index (χ2n) is 6.09. The number of para-hydroxylation sites is 1. The van der Waals surface area contributed by atoms with Crippen molar-refractivity contribution in [1.29, 1.82) is 5.26 Å². The molecule has 3 aromatic rings. The number of nitrogens with one attached hydrogen (secondary N) is 1. The van der Waals surface area contributed by atoms with Gasteiger partial charge in [-0.2, -0.15) is 5.26 Å². The van der Waals surface area contributed by atoms with E-state index in [0.29, 0.717) is 16.4 Å². The Bertz CT molecular complexity index is 1020. The predicted octanol–water partition coefficient (Wildman–Crippen LogP) is 3.88. The van der Waals surface area contributed by atoms with E-state index in [-0.39, 0.29) is 11.2 Å². The van der Waals surface area contributed by atoms with Crippen molar-refractivity contribution in [2.45, 2.75) is 31.2 Å². The van der Waals surface area contributed by atoms with Gasteiger partial charge in [0.05, 0.1) is 22.6 Å². The zero-order valence-electron chi connectivity index (χ0n) is 15.3. The maximum absolute atomic E-state index is 12.6. The number of carbonyl (C=O) groups is 1. The first-order valence-corrected chi connectivity index (χ1v) is 9.33. The average Bonchev–Trinajstić information content (AvgIpc) is 3.02. The summed E-state index contributed by atoms with van der Waals surface area (Å²) in [7, 11) is 0. The third-order valence-corrected chi connectivity index (χ3v) is 5.10. The van der Waals surface area contributed by atoms with Crippen LogP contribution in [0.5, 0.6) is 0 Å². The summed E-state index contributed by atoms with van der Waals surface area (Å²) in [4.78, 5) is 12.6. The van der Waals surface area contributed by atoms with E-state index in [0.717, 1.165) is 17.1 Å². The van der Waals surface area contributed by atoms with Gasteiger partial charge in [-0.3, -0.25) is 9.36 Å². The molecule has 3 rings (SSSR count). The first kappa shape index (κ1) is 18.7. The Morgan fingerprint density at radius 1 is 1.19 bits per heavy atom. The molecule has 1 atom stereocenters. The number of aryl methyl sites for hydroxylation is 2. The van der Waals surface area contributed by atoms with E-state index in [1.807, 2.05) is 49.6 Å². The van der Waals surface area contributed by atoms with Gasteiger partial charge in [0, 0.05) is 5.69 Å². The zero-order valence-corrected chi connectivity index (χ0v) is 16.1. The minimum atomic E-state index is -0.387. The lowest BCUT2D eigenvalue weighted by Crippen LogP contribution is -2.23. The number of amides is 1. The number of nitrogens with zero attached hydrogens (tertiary/aromatic N) is 4. The fourth-order valence-electron chi connectivity index (χ4n) is 2.63. The number of aromatic nitrogens is 3. The lowest BCUT2D eigenvalue weighted by molar-refractivity contribution is -0.115.